The van der Waals surface area contributed by atoms with Crippen molar-refractivity contribution in [2.75, 3.05) is 47.0 Å². The number of fused-ring (bicyclic) bond motifs is 9. The second kappa shape index (κ2) is 33.9. The van der Waals surface area contributed by atoms with Crippen molar-refractivity contribution in [1.29, 1.82) is 0 Å². The normalized spacial score (nSPS) is 26.2. The minimum absolute atomic E-state index is 0.0668. The maximum Gasteiger partial charge on any atom is 0.343 e. The molecule has 0 spiro atoms. The van der Waals surface area contributed by atoms with E-state index in [9.17, 15) is 67.4 Å². The molecule has 32 heteroatoms. The third kappa shape index (κ3) is 16.1. The number of cyclic esters (lactones) is 3. The molecule has 2 aromatic carbocycles. The Balaban J connectivity index is 0.000000423. The summed E-state index contributed by atoms with van der Waals surface area (Å²) in [5, 5.41) is 22.6. The zero-order chi connectivity index (χ0) is 85.0. The maximum absolute atomic E-state index is 15.2. The third-order valence-electron chi connectivity index (χ3n) is 23.8. The lowest BCUT2D eigenvalue weighted by molar-refractivity contribution is -0.172. The van der Waals surface area contributed by atoms with Gasteiger partial charge in [0.25, 0.3) is 17.4 Å². The number of ketones is 2. The first-order valence-electron chi connectivity index (χ1n) is 39.6. The molecule has 0 bridgehead atoms. The highest BCUT2D eigenvalue weighted by Gasteiger charge is 2.50. The first-order chi connectivity index (χ1) is 54.6. The van der Waals surface area contributed by atoms with Gasteiger partial charge in [-0.25, -0.2) is 24.4 Å². The number of pyridine rings is 2. The number of hydrogen-bond donors (Lipinski definition) is 6. The Bertz CT molecular complexity index is 5120. The molecule has 0 radical (unpaired) electrons. The van der Waals surface area contributed by atoms with Gasteiger partial charge in [-0.1, -0.05) is 99.4 Å². The van der Waals surface area contributed by atoms with Crippen molar-refractivity contribution in [2.24, 2.45) is 47.3 Å². The van der Waals surface area contributed by atoms with Gasteiger partial charge in [0.2, 0.25) is 40.9 Å². The molecule has 5 aliphatic heterocycles. The lowest BCUT2D eigenvalue weighted by atomic mass is 9.83. The lowest BCUT2D eigenvalue weighted by Crippen LogP contribution is -2.59. The number of nitrogens with zero attached hydrogens (tertiary/aromatic N) is 7. The van der Waals surface area contributed by atoms with Crippen molar-refractivity contribution in [3.8, 4) is 22.8 Å². The summed E-state index contributed by atoms with van der Waals surface area (Å²) in [6.07, 6.45) is -0.516. The predicted octanol–water partition coefficient (Wildman–Crippen LogP) is 4.79. The molecular weight excluding hydrogens is 1500 g/mol. The molecule has 8 aliphatic rings. The minimum atomic E-state index is -1.86. The predicted molar refractivity (Wildman–Crippen MR) is 422 cm³/mol. The average Bonchev–Trinajstić information content (AvgIpc) is 1.42. The first kappa shape index (κ1) is 85.6. The van der Waals surface area contributed by atoms with Gasteiger partial charge in [0.15, 0.2) is 28.5 Å². The summed E-state index contributed by atoms with van der Waals surface area (Å²) in [5.41, 5.74) is 5.48. The molecule has 3 aliphatic carbocycles. The largest absolute Gasteiger partial charge is 0.458 e. The van der Waals surface area contributed by atoms with Crippen molar-refractivity contribution >= 4 is 104 Å². The number of esters is 3. The topological polar surface area (TPSA) is 435 Å². The van der Waals surface area contributed by atoms with E-state index in [-0.39, 0.29) is 52.3 Å². The molecule has 2 saturated carbocycles. The molecule has 7 N–H and O–H groups in total. The van der Waals surface area contributed by atoms with Gasteiger partial charge < -0.3 is 74.9 Å². The fourth-order valence-electron chi connectivity index (χ4n) is 17.1. The van der Waals surface area contributed by atoms with E-state index in [0.29, 0.717) is 67.5 Å². The SMILES string of the molecule is CCC1(O)C(=O)OCc2c1cc1n(c2=O)Cc2cc3ccccc3nc2-1.Cc1c2oc3c(C)ccc(C(=O)NC4C(=O)NC(C(C)C)C(=O)C5CCCC5C(=O)N(C)CC(=O)N(C)C(C(C)C)C(=O)OC4C)c3nc-2c(C(=O)NC2C(=O)NC(C(C)C)C(=O)C3CCCC3C(=O)N(C)CC(=O)N(C)C(C(C)C)C(=O)OC2C)c(N)c1=O. The number of rotatable bonds is 9. The van der Waals surface area contributed by atoms with Gasteiger partial charge in [0.1, 0.15) is 54.2 Å². The smallest absolute Gasteiger partial charge is 0.343 e. The zero-order valence-corrected chi connectivity index (χ0v) is 68.5. The quantitative estimate of drug-likeness (QED) is 0.0489. The van der Waals surface area contributed by atoms with Crippen molar-refractivity contribution in [3.63, 3.8) is 0 Å². The van der Waals surface area contributed by atoms with Crippen molar-refractivity contribution < 1.29 is 86.1 Å². The summed E-state index contributed by atoms with van der Waals surface area (Å²) in [7, 11) is 5.66. The van der Waals surface area contributed by atoms with Crippen molar-refractivity contribution in [2.45, 2.75) is 202 Å². The number of nitrogen functional groups attached to an aromatic ring is 1. The molecule has 13 unspecified atom stereocenters. The Labute approximate surface area is 670 Å². The highest BCUT2D eigenvalue weighted by Crippen LogP contribution is 2.42. The molecule has 2 aromatic heterocycles. The Morgan fingerprint density at radius 1 is 0.638 bits per heavy atom. The standard InChI is InChI=1S/C64H88N10O16.C20H16N2O4/c1-27(2)44-53(78)35-19-17-21-37(35)61(84)71(13)25-40(75)73(15)50(29(5)6)63(86)88-33(11)46(59(82)67-44)69-57(80)39-24-23-31(9)55-48(39)66-49-42(43(65)52(77)32(10)56(49)90-55)58(81)70-47-34(12)89-64(87)51(30(7)8)74(16)41(76)26-72(14)62(85)38-22-18-20-36(38)54(79)45(28(3)4)68-60(47)83;1-2-20(25)14-8-16-17-12(7-11-5-3-4-6-15(11)21-17)9-22(16)18(23)13(14)10-26-19(20)24/h23-24,27-30,33-38,44-47,50-51H,17-22,25-26,65H2,1-16H3,(H,67,82)(H,68,83)(H,69,80)(H,70,81);3-8,25H,2,9-10H2,1H3. The Hall–Kier alpha value is -11.3. The van der Waals surface area contributed by atoms with Crippen LogP contribution in [0, 0.1) is 61.2 Å². The van der Waals surface area contributed by atoms with Crippen LogP contribution >= 0.6 is 0 Å². The summed E-state index contributed by atoms with van der Waals surface area (Å²) in [6, 6.07) is 5.84. The molecule has 13 atom stereocenters. The number of para-hydroxylation sites is 1. The molecule has 116 heavy (non-hydrogen) atoms. The van der Waals surface area contributed by atoms with E-state index in [4.69, 9.17) is 34.3 Å². The Kier molecular flexibility index (Phi) is 25.0. The highest BCUT2D eigenvalue weighted by atomic mass is 16.6. The molecule has 7 heterocycles. The fraction of sp³-hybridized carbons (Fsp3) is 0.536. The number of aromatic nitrogens is 3. The summed E-state index contributed by atoms with van der Waals surface area (Å²) < 4.78 is 25.0. The molecular formula is C84H104N12O20. The van der Waals surface area contributed by atoms with E-state index in [2.05, 4.69) is 21.3 Å². The second-order valence-corrected chi connectivity index (χ2v) is 33.0. The van der Waals surface area contributed by atoms with E-state index in [0.717, 1.165) is 32.0 Å². The molecule has 4 aromatic rings. The highest BCUT2D eigenvalue weighted by molar-refractivity contribution is 6.11. The van der Waals surface area contributed by atoms with Crippen LogP contribution in [0.15, 0.2) is 62.5 Å². The van der Waals surface area contributed by atoms with Crippen LogP contribution < -0.4 is 38.0 Å². The summed E-state index contributed by atoms with van der Waals surface area (Å²) in [5.74, 6) is -15.6. The van der Waals surface area contributed by atoms with E-state index in [1.165, 1.54) is 70.9 Å². The molecule has 620 valence electrons. The van der Waals surface area contributed by atoms with Crippen LogP contribution in [0.25, 0.3) is 44.8 Å². The van der Waals surface area contributed by atoms with E-state index < -0.39 is 208 Å². The van der Waals surface area contributed by atoms with Crippen LogP contribution in [-0.4, -0.2) is 206 Å². The van der Waals surface area contributed by atoms with Crippen LogP contribution in [0.4, 0.5) is 5.69 Å². The second-order valence-electron chi connectivity index (χ2n) is 33.0. The van der Waals surface area contributed by atoms with Crippen molar-refractivity contribution in [3.05, 3.63) is 108 Å². The lowest BCUT2D eigenvalue weighted by Gasteiger charge is -2.35. The number of amides is 8. The van der Waals surface area contributed by atoms with Crippen LogP contribution in [0.2, 0.25) is 0 Å². The minimum Gasteiger partial charge on any atom is -0.458 e. The number of Topliss-reactive ketones (excluding diaryl/α,β-unsaturated/α-hetero) is 2. The Morgan fingerprint density at radius 3 is 1.64 bits per heavy atom. The van der Waals surface area contributed by atoms with Gasteiger partial charge in [0.05, 0.1) is 71.0 Å². The number of aliphatic hydroxyl groups is 1. The number of benzene rings is 3. The number of carbonyl (C=O) groups excluding carboxylic acids is 13. The molecule has 32 nitrogen and oxygen atoms in total. The van der Waals surface area contributed by atoms with Gasteiger partial charge >= 0.3 is 17.9 Å². The van der Waals surface area contributed by atoms with Crippen LogP contribution in [0.5, 0.6) is 0 Å². The van der Waals surface area contributed by atoms with Crippen LogP contribution in [0.1, 0.15) is 170 Å². The molecule has 12 rings (SSSR count). The fourth-order valence-corrected chi connectivity index (χ4v) is 17.1. The van der Waals surface area contributed by atoms with Gasteiger partial charge in [-0.3, -0.25) is 57.5 Å². The van der Waals surface area contributed by atoms with Gasteiger partial charge in [-0.15, -0.1) is 0 Å². The number of anilines is 1. The van der Waals surface area contributed by atoms with E-state index >= 15 is 9.59 Å². The summed E-state index contributed by atoms with van der Waals surface area (Å²) >= 11 is 0. The van der Waals surface area contributed by atoms with Crippen LogP contribution in [-0.2, 0) is 85.7 Å². The molecule has 2 saturated heterocycles. The number of aryl methyl sites for hydroxylation is 1. The number of ether oxygens (including phenoxy) is 3. The molecule has 8 amide bonds. The number of likely N-dealkylation sites (N-methyl/N-ethyl adjacent to an activating group) is 4. The van der Waals surface area contributed by atoms with Crippen LogP contribution in [0.3, 0.4) is 0 Å². The van der Waals surface area contributed by atoms with Gasteiger partial charge in [-0.2, -0.15) is 0 Å². The number of hydrogen-bond acceptors (Lipinski definition) is 23. The van der Waals surface area contributed by atoms with Gasteiger partial charge in [-0.05, 0) is 113 Å². The number of nitrogens with one attached hydrogen (secondary N) is 4. The summed E-state index contributed by atoms with van der Waals surface area (Å²) in [6.45, 7) is 20.3. The summed E-state index contributed by atoms with van der Waals surface area (Å²) in [4.78, 5) is 227. The Morgan fingerprint density at radius 2 is 1.14 bits per heavy atom. The monoisotopic (exact) mass is 1600 g/mol. The van der Waals surface area contributed by atoms with E-state index in [1.54, 1.807) is 79.9 Å². The first-order valence-corrected chi connectivity index (χ1v) is 39.6. The van der Waals surface area contributed by atoms with E-state index in [1.807, 2.05) is 30.3 Å². The zero-order valence-electron chi connectivity index (χ0n) is 68.5. The average molecular weight is 1600 g/mol. The van der Waals surface area contributed by atoms with Gasteiger partial charge in [0, 0.05) is 73.9 Å². The number of nitrogens with two attached hydrogens (primary N) is 1. The van der Waals surface area contributed by atoms with Crippen molar-refractivity contribution in [1.82, 2.24) is 55.4 Å². The molecule has 4 fully saturated rings. The number of carbonyl (C=O) groups is 13. The third-order valence-corrected chi connectivity index (χ3v) is 23.8. The maximum atomic E-state index is 15.2.